The van der Waals surface area contributed by atoms with Gasteiger partial charge in [0.25, 0.3) is 0 Å². The molecule has 2 rings (SSSR count). The Morgan fingerprint density at radius 3 is 2.19 bits per heavy atom. The molecular formula is C20H23NO5S. The molecule has 1 heterocycles. The zero-order valence-corrected chi connectivity index (χ0v) is 16.6. The maximum Gasteiger partial charge on any atom is 0.317 e. The largest absolute Gasteiger partial charge is 0.459 e. The van der Waals surface area contributed by atoms with Crippen molar-refractivity contribution in [1.29, 1.82) is 0 Å². The van der Waals surface area contributed by atoms with Gasteiger partial charge in [-0.15, -0.1) is 11.3 Å². The zero-order chi connectivity index (χ0) is 20.2. The zero-order valence-electron chi connectivity index (χ0n) is 15.7. The SMILES string of the molecule is CC(=O)[C@H](C(=O)OC(C)(C)C)[C@H](c1cccs1)[C@@H](c1ccccc1)[N+](=O)[O-]. The quantitative estimate of drug-likeness (QED) is 0.303. The highest BCUT2D eigenvalue weighted by molar-refractivity contribution is 7.10. The summed E-state index contributed by atoms with van der Waals surface area (Å²) >= 11 is 1.29. The molecule has 2 aromatic rings. The molecule has 0 saturated carbocycles. The van der Waals surface area contributed by atoms with Crippen LogP contribution in [-0.4, -0.2) is 22.3 Å². The van der Waals surface area contributed by atoms with E-state index in [1.54, 1.807) is 68.6 Å². The van der Waals surface area contributed by atoms with Crippen molar-refractivity contribution in [2.75, 3.05) is 0 Å². The van der Waals surface area contributed by atoms with Crippen LogP contribution >= 0.6 is 11.3 Å². The lowest BCUT2D eigenvalue weighted by molar-refractivity contribution is -0.534. The fraction of sp³-hybridized carbons (Fsp3) is 0.400. The summed E-state index contributed by atoms with van der Waals surface area (Å²) in [6, 6.07) is 10.7. The van der Waals surface area contributed by atoms with Gasteiger partial charge in [0.2, 0.25) is 6.04 Å². The first-order valence-corrected chi connectivity index (χ1v) is 9.45. The van der Waals surface area contributed by atoms with Crippen molar-refractivity contribution in [1.82, 2.24) is 0 Å². The molecular weight excluding hydrogens is 366 g/mol. The van der Waals surface area contributed by atoms with E-state index in [-0.39, 0.29) is 0 Å². The highest BCUT2D eigenvalue weighted by atomic mass is 32.1. The Morgan fingerprint density at radius 2 is 1.74 bits per heavy atom. The number of esters is 1. The van der Waals surface area contributed by atoms with Gasteiger partial charge in [-0.1, -0.05) is 36.4 Å². The molecule has 0 saturated heterocycles. The summed E-state index contributed by atoms with van der Waals surface area (Å²) in [6.45, 7) is 6.37. The fourth-order valence-electron chi connectivity index (χ4n) is 3.02. The van der Waals surface area contributed by atoms with Crippen LogP contribution in [0.1, 0.15) is 50.1 Å². The Kier molecular flexibility index (Phi) is 6.49. The number of thiophene rings is 1. The first kappa shape index (κ1) is 20.8. The third-order valence-electron chi connectivity index (χ3n) is 4.04. The summed E-state index contributed by atoms with van der Waals surface area (Å²) < 4.78 is 5.43. The van der Waals surface area contributed by atoms with Crippen LogP contribution in [0, 0.1) is 16.0 Å². The Bertz CT molecular complexity index is 796. The lowest BCUT2D eigenvalue weighted by atomic mass is 9.79. The molecule has 0 N–H and O–H groups in total. The van der Waals surface area contributed by atoms with E-state index >= 15 is 0 Å². The van der Waals surface area contributed by atoms with E-state index in [4.69, 9.17) is 4.74 Å². The number of rotatable bonds is 7. The molecule has 6 nitrogen and oxygen atoms in total. The van der Waals surface area contributed by atoms with Gasteiger partial charge in [0, 0.05) is 15.4 Å². The monoisotopic (exact) mass is 389 g/mol. The van der Waals surface area contributed by atoms with Gasteiger partial charge >= 0.3 is 5.97 Å². The summed E-state index contributed by atoms with van der Waals surface area (Å²) in [5, 5.41) is 13.8. The third kappa shape index (κ3) is 5.23. The molecule has 0 bridgehead atoms. The number of ketones is 1. The number of ether oxygens (including phenoxy) is 1. The fourth-order valence-corrected chi connectivity index (χ4v) is 3.92. The molecule has 0 unspecified atom stereocenters. The second-order valence-corrected chi connectivity index (χ2v) is 8.28. The van der Waals surface area contributed by atoms with Gasteiger partial charge in [0.1, 0.15) is 17.3 Å². The molecule has 0 spiro atoms. The Labute approximate surface area is 162 Å². The smallest absolute Gasteiger partial charge is 0.317 e. The van der Waals surface area contributed by atoms with Crippen LogP contribution in [0.15, 0.2) is 47.8 Å². The molecule has 1 aromatic heterocycles. The minimum absolute atomic E-state index is 0.431. The highest BCUT2D eigenvalue weighted by Crippen LogP contribution is 2.42. The molecule has 27 heavy (non-hydrogen) atoms. The number of benzene rings is 1. The Morgan fingerprint density at radius 1 is 1.11 bits per heavy atom. The molecule has 0 aliphatic carbocycles. The minimum atomic E-state index is -1.27. The standard InChI is InChI=1S/C20H23NO5S/c1-13(22)16(19(23)26-20(2,3)4)17(15-11-8-12-27-15)18(21(24)25)14-9-6-5-7-10-14/h5-12,16-18H,1-4H3/t16-,17-,18+/m0/s1. The summed E-state index contributed by atoms with van der Waals surface area (Å²) in [5.41, 5.74) is -0.363. The molecule has 0 fully saturated rings. The summed E-state index contributed by atoms with van der Waals surface area (Å²) in [5.74, 6) is -3.41. The van der Waals surface area contributed by atoms with Crippen LogP contribution in [0.2, 0.25) is 0 Å². The normalized spacial score (nSPS) is 14.8. The lowest BCUT2D eigenvalue weighted by Crippen LogP contribution is -2.38. The molecule has 0 radical (unpaired) electrons. The predicted molar refractivity (Wildman–Crippen MR) is 103 cm³/mol. The average Bonchev–Trinajstić information content (AvgIpc) is 3.06. The van der Waals surface area contributed by atoms with E-state index in [9.17, 15) is 19.7 Å². The number of Topliss-reactive ketones (excluding diaryl/α,β-unsaturated/α-hetero) is 1. The van der Waals surface area contributed by atoms with Crippen molar-refractivity contribution in [3.63, 3.8) is 0 Å². The van der Waals surface area contributed by atoms with E-state index in [1.165, 1.54) is 18.3 Å². The van der Waals surface area contributed by atoms with Gasteiger partial charge < -0.3 is 4.74 Å². The van der Waals surface area contributed by atoms with Gasteiger partial charge in [-0.3, -0.25) is 19.7 Å². The minimum Gasteiger partial charge on any atom is -0.459 e. The first-order chi connectivity index (χ1) is 12.6. The molecule has 3 atom stereocenters. The molecule has 0 amide bonds. The number of hydrogen-bond acceptors (Lipinski definition) is 6. The van der Waals surface area contributed by atoms with E-state index in [2.05, 4.69) is 0 Å². The van der Waals surface area contributed by atoms with Crippen LogP contribution < -0.4 is 0 Å². The topological polar surface area (TPSA) is 86.5 Å². The van der Waals surface area contributed by atoms with Crippen molar-refractivity contribution in [3.05, 3.63) is 68.4 Å². The van der Waals surface area contributed by atoms with Crippen molar-refractivity contribution in [2.45, 2.75) is 45.3 Å². The van der Waals surface area contributed by atoms with Crippen LogP contribution in [-0.2, 0) is 14.3 Å². The summed E-state index contributed by atoms with van der Waals surface area (Å²) in [7, 11) is 0. The van der Waals surface area contributed by atoms with Gasteiger partial charge in [0.05, 0.1) is 5.92 Å². The number of carbonyl (C=O) groups is 2. The average molecular weight is 389 g/mol. The molecule has 1 aromatic carbocycles. The van der Waals surface area contributed by atoms with E-state index < -0.39 is 40.2 Å². The van der Waals surface area contributed by atoms with Crippen LogP contribution in [0.3, 0.4) is 0 Å². The van der Waals surface area contributed by atoms with Gasteiger partial charge in [-0.25, -0.2) is 0 Å². The van der Waals surface area contributed by atoms with Gasteiger partial charge in [-0.2, -0.15) is 0 Å². The number of hydrogen-bond donors (Lipinski definition) is 0. The molecule has 144 valence electrons. The van der Waals surface area contributed by atoms with Crippen LogP contribution in [0.4, 0.5) is 0 Å². The van der Waals surface area contributed by atoms with E-state index in [1.807, 2.05) is 0 Å². The summed E-state index contributed by atoms with van der Waals surface area (Å²) in [4.78, 5) is 37.5. The highest BCUT2D eigenvalue weighted by Gasteiger charge is 2.47. The van der Waals surface area contributed by atoms with Crippen molar-refractivity contribution in [2.24, 2.45) is 5.92 Å². The lowest BCUT2D eigenvalue weighted by Gasteiger charge is -2.29. The molecule has 7 heteroatoms. The van der Waals surface area contributed by atoms with E-state index in [0.717, 1.165) is 0 Å². The maximum atomic E-state index is 12.8. The molecule has 0 aliphatic rings. The Balaban J connectivity index is 2.59. The van der Waals surface area contributed by atoms with Gasteiger partial charge in [-0.05, 0) is 39.1 Å². The number of nitro groups is 1. The number of nitrogens with zero attached hydrogens (tertiary/aromatic N) is 1. The van der Waals surface area contributed by atoms with Crippen molar-refractivity contribution in [3.8, 4) is 0 Å². The number of carbonyl (C=O) groups excluding carboxylic acids is 2. The van der Waals surface area contributed by atoms with Crippen LogP contribution in [0.5, 0.6) is 0 Å². The van der Waals surface area contributed by atoms with Crippen molar-refractivity contribution >= 4 is 23.1 Å². The van der Waals surface area contributed by atoms with Crippen LogP contribution in [0.25, 0.3) is 0 Å². The van der Waals surface area contributed by atoms with E-state index in [0.29, 0.717) is 10.4 Å². The predicted octanol–water partition coefficient (Wildman–Crippen LogP) is 4.40. The Hall–Kier alpha value is -2.54. The maximum absolute atomic E-state index is 12.8. The second kappa shape index (κ2) is 8.43. The first-order valence-electron chi connectivity index (χ1n) is 8.57. The van der Waals surface area contributed by atoms with Crippen molar-refractivity contribution < 1.29 is 19.2 Å². The molecule has 0 aliphatic heterocycles. The summed E-state index contributed by atoms with van der Waals surface area (Å²) in [6.07, 6.45) is 0. The second-order valence-electron chi connectivity index (χ2n) is 7.30. The van der Waals surface area contributed by atoms with Gasteiger partial charge in [0.15, 0.2) is 0 Å². The third-order valence-corrected chi connectivity index (χ3v) is 5.01.